The molecule has 0 unspecified atom stereocenters. The lowest BCUT2D eigenvalue weighted by atomic mass is 9.65. The molecule has 314 valence electrons. The van der Waals surface area contributed by atoms with Gasteiger partial charge in [0.15, 0.2) is 17.1 Å². The fourth-order valence-corrected chi connectivity index (χ4v) is 11.3. The van der Waals surface area contributed by atoms with Gasteiger partial charge in [0, 0.05) is 55.4 Å². The van der Waals surface area contributed by atoms with Crippen LogP contribution in [0.5, 0.6) is 0 Å². The molecule has 0 N–H and O–H groups in total. The Bertz CT molecular complexity index is 3840. The van der Waals surface area contributed by atoms with E-state index < -0.39 is 5.41 Å². The molecule has 0 saturated heterocycles. The lowest BCUT2D eigenvalue weighted by molar-refractivity contribution is 0.525. The molecule has 1 spiro atoms. The van der Waals surface area contributed by atoms with Crippen LogP contribution in [0.3, 0.4) is 0 Å². The lowest BCUT2D eigenvalue weighted by Gasteiger charge is -2.44. The number of benzene rings is 8. The molecule has 0 atom stereocenters. The van der Waals surface area contributed by atoms with Gasteiger partial charge < -0.3 is 27.6 Å². The number of anilines is 6. The van der Waals surface area contributed by atoms with Crippen LogP contribution >= 0.6 is 0 Å². The molecule has 6 nitrogen and oxygen atoms in total. The molecule has 12 aromatic rings. The molecule has 66 heavy (non-hydrogen) atoms. The summed E-state index contributed by atoms with van der Waals surface area (Å²) in [7, 11) is 0. The van der Waals surface area contributed by atoms with Crippen molar-refractivity contribution in [2.24, 2.45) is 0 Å². The van der Waals surface area contributed by atoms with E-state index in [0.717, 1.165) is 107 Å². The zero-order chi connectivity index (χ0) is 43.7. The van der Waals surface area contributed by atoms with E-state index in [4.69, 9.17) is 13.3 Å². The predicted molar refractivity (Wildman–Crippen MR) is 267 cm³/mol. The number of para-hydroxylation sites is 5. The van der Waals surface area contributed by atoms with Crippen LogP contribution in [-0.4, -0.2) is 4.57 Å². The highest BCUT2D eigenvalue weighted by atomic mass is 16.4. The van der Waals surface area contributed by atoms with Gasteiger partial charge in [0.05, 0.1) is 46.0 Å². The average molecular weight is 852 g/mol. The van der Waals surface area contributed by atoms with E-state index in [1.54, 1.807) is 12.5 Å². The second kappa shape index (κ2) is 13.8. The highest BCUT2D eigenvalue weighted by Crippen LogP contribution is 2.65. The number of fused-ring (bicyclic) bond motifs is 15. The zero-order valence-electron chi connectivity index (χ0n) is 36.3. The van der Waals surface area contributed by atoms with Crippen molar-refractivity contribution in [3.05, 3.63) is 234 Å². The molecule has 2 aliphatic rings. The monoisotopic (exact) mass is 851 g/mol. The second-order valence-electron chi connectivity index (χ2n) is 17.9. The van der Waals surface area contributed by atoms with Gasteiger partial charge in [-0.05, 0) is 114 Å². The highest BCUT2D eigenvalue weighted by molar-refractivity contribution is 6.13. The third kappa shape index (κ3) is 4.95. The maximum Gasteiger partial charge on any atom is 0.174 e. The molecule has 6 heteroatoms. The molecule has 5 heterocycles. The largest absolute Gasteiger partial charge is 0.461 e. The molecule has 1 aliphatic carbocycles. The molecule has 8 aromatic carbocycles. The summed E-state index contributed by atoms with van der Waals surface area (Å²) in [5.74, 6) is 1.95. The van der Waals surface area contributed by atoms with E-state index in [1.165, 1.54) is 16.3 Å². The first-order valence-corrected chi connectivity index (χ1v) is 22.7. The molecule has 0 radical (unpaired) electrons. The fourth-order valence-electron chi connectivity index (χ4n) is 11.3. The Balaban J connectivity index is 1.06. The van der Waals surface area contributed by atoms with Crippen LogP contribution in [0.25, 0.3) is 61.0 Å². The van der Waals surface area contributed by atoms with Crippen molar-refractivity contribution in [2.45, 2.75) is 25.2 Å². The number of rotatable bonds is 6. The average Bonchev–Trinajstić information content (AvgIpc) is 4.20. The summed E-state index contributed by atoms with van der Waals surface area (Å²) < 4.78 is 21.8. The first-order chi connectivity index (χ1) is 32.6. The SMILES string of the molecule is CC(C)c1ccc(N(c2cccc(N3c4ccccc4C4(c5cc6c7ccccc7n(-c7ccccc7)c6cc53)c3ccoc3-c3occc34)c2)c2cccc3c2oc2ccccc23)cc1. The van der Waals surface area contributed by atoms with Gasteiger partial charge in [-0.1, -0.05) is 117 Å². The van der Waals surface area contributed by atoms with E-state index in [9.17, 15) is 0 Å². The summed E-state index contributed by atoms with van der Waals surface area (Å²) in [6, 6.07) is 70.2. The number of nitrogens with zero attached hydrogens (tertiary/aromatic N) is 3. The molecule has 0 amide bonds. The van der Waals surface area contributed by atoms with Crippen LogP contribution in [0.4, 0.5) is 34.1 Å². The summed E-state index contributed by atoms with van der Waals surface area (Å²) in [5, 5.41) is 4.55. The van der Waals surface area contributed by atoms with Crippen molar-refractivity contribution >= 4 is 77.9 Å². The van der Waals surface area contributed by atoms with E-state index in [-0.39, 0.29) is 0 Å². The second-order valence-corrected chi connectivity index (χ2v) is 17.9. The minimum absolute atomic E-state index is 0.403. The molecular weight excluding hydrogens is 811 g/mol. The predicted octanol–water partition coefficient (Wildman–Crippen LogP) is 16.6. The van der Waals surface area contributed by atoms with E-state index in [1.807, 2.05) is 6.07 Å². The van der Waals surface area contributed by atoms with Crippen LogP contribution in [0.15, 0.2) is 220 Å². The number of furan rings is 3. The maximum atomic E-state index is 6.75. The van der Waals surface area contributed by atoms with Crippen LogP contribution in [-0.2, 0) is 5.41 Å². The van der Waals surface area contributed by atoms with E-state index in [2.05, 4.69) is 216 Å². The Hall–Kier alpha value is -8.48. The van der Waals surface area contributed by atoms with E-state index in [0.29, 0.717) is 5.92 Å². The van der Waals surface area contributed by atoms with Crippen molar-refractivity contribution in [1.29, 1.82) is 0 Å². The van der Waals surface area contributed by atoms with Crippen LogP contribution in [0.2, 0.25) is 0 Å². The Morgan fingerprint density at radius 3 is 1.95 bits per heavy atom. The number of hydrogen-bond acceptors (Lipinski definition) is 5. The summed E-state index contributed by atoms with van der Waals surface area (Å²) in [6.07, 6.45) is 3.61. The van der Waals surface area contributed by atoms with Crippen molar-refractivity contribution < 1.29 is 13.3 Å². The van der Waals surface area contributed by atoms with Gasteiger partial charge in [-0.15, -0.1) is 0 Å². The molecule has 0 fully saturated rings. The molecule has 1 aliphatic heterocycles. The summed E-state index contributed by atoms with van der Waals surface area (Å²) >= 11 is 0. The summed E-state index contributed by atoms with van der Waals surface area (Å²) in [4.78, 5) is 4.81. The maximum absolute atomic E-state index is 6.75. The van der Waals surface area contributed by atoms with Crippen molar-refractivity contribution in [1.82, 2.24) is 4.57 Å². The molecule has 4 aromatic heterocycles. The van der Waals surface area contributed by atoms with Gasteiger partial charge in [0.25, 0.3) is 0 Å². The van der Waals surface area contributed by atoms with Crippen molar-refractivity contribution in [3.63, 3.8) is 0 Å². The smallest absolute Gasteiger partial charge is 0.174 e. The van der Waals surface area contributed by atoms with Crippen LogP contribution in [0.1, 0.15) is 47.6 Å². The Morgan fingerprint density at radius 1 is 0.470 bits per heavy atom. The number of aromatic nitrogens is 1. The Morgan fingerprint density at radius 2 is 1.15 bits per heavy atom. The Kier molecular flexibility index (Phi) is 7.70. The minimum Gasteiger partial charge on any atom is -0.461 e. The highest BCUT2D eigenvalue weighted by Gasteiger charge is 2.55. The summed E-state index contributed by atoms with van der Waals surface area (Å²) in [6.45, 7) is 4.48. The third-order valence-corrected chi connectivity index (χ3v) is 14.1. The van der Waals surface area contributed by atoms with Gasteiger partial charge in [0.1, 0.15) is 5.58 Å². The van der Waals surface area contributed by atoms with Crippen LogP contribution < -0.4 is 9.80 Å². The van der Waals surface area contributed by atoms with Gasteiger partial charge in [-0.3, -0.25) is 0 Å². The minimum atomic E-state index is -0.712. The van der Waals surface area contributed by atoms with Crippen molar-refractivity contribution in [2.75, 3.05) is 9.80 Å². The summed E-state index contributed by atoms with van der Waals surface area (Å²) in [5.41, 5.74) is 16.4. The molecule has 14 rings (SSSR count). The van der Waals surface area contributed by atoms with Crippen molar-refractivity contribution in [3.8, 4) is 17.2 Å². The third-order valence-electron chi connectivity index (χ3n) is 14.1. The van der Waals surface area contributed by atoms with Gasteiger partial charge in [-0.2, -0.15) is 0 Å². The van der Waals surface area contributed by atoms with Gasteiger partial charge in [0.2, 0.25) is 0 Å². The molecule has 0 saturated carbocycles. The van der Waals surface area contributed by atoms with Crippen LogP contribution in [0, 0.1) is 0 Å². The quantitative estimate of drug-likeness (QED) is 0.167. The van der Waals surface area contributed by atoms with Gasteiger partial charge in [-0.25, -0.2) is 0 Å². The van der Waals surface area contributed by atoms with Gasteiger partial charge >= 0.3 is 0 Å². The molecular formula is C60H41N3O3. The van der Waals surface area contributed by atoms with E-state index >= 15 is 0 Å². The fraction of sp³-hybridized carbons (Fsp3) is 0.0667. The zero-order valence-corrected chi connectivity index (χ0v) is 36.3. The Labute approximate surface area is 380 Å². The molecule has 0 bridgehead atoms. The normalized spacial score (nSPS) is 13.5. The topological polar surface area (TPSA) is 50.8 Å². The first kappa shape index (κ1) is 36.9. The first-order valence-electron chi connectivity index (χ1n) is 22.7. The number of hydrogen-bond donors (Lipinski definition) is 0. The lowest BCUT2D eigenvalue weighted by Crippen LogP contribution is -2.36. The standard InChI is InChI=1S/C60H41N3O3/c1-37(2)38-26-28-40(29-27-38)61(53-24-13-20-45-44-19-7-11-25-56(44)66-57(45)53)41-16-12-17-42(34-41)63-52-23-10-8-21-47(52)60(48-30-32-64-58(48)59-49(60)31-33-65-59)50-35-46-43-18-6-9-22-51(43)62(54(46)36-55(50)63)39-14-4-3-5-15-39/h3-37H,1-2H3.